The Bertz CT molecular complexity index is 2770. The fraction of sp³-hybridized carbons (Fsp3) is 0.0600. The molecule has 5 heteroatoms. The van der Waals surface area contributed by atoms with Gasteiger partial charge in [0, 0.05) is 28.3 Å². The van der Waals surface area contributed by atoms with Gasteiger partial charge in [-0.25, -0.2) is 0 Å². The maximum atomic E-state index is 6.93. The van der Waals surface area contributed by atoms with Gasteiger partial charge in [-0.15, -0.1) is 0 Å². The van der Waals surface area contributed by atoms with E-state index >= 15 is 0 Å². The lowest BCUT2D eigenvalue weighted by molar-refractivity contribution is 0.364. The number of rotatable bonds is 5. The first-order chi connectivity index (χ1) is 27.2. The number of hydrogen-bond donors (Lipinski definition) is 1. The average molecular weight is 710 g/mol. The Morgan fingerprint density at radius 3 is 2.16 bits per heavy atom. The van der Waals surface area contributed by atoms with E-state index in [4.69, 9.17) is 14.5 Å². The SMILES string of the molecule is C1=CC2c3ccc4c(c3N(c3cccc(-c5cccc(C6=NC(c7ccccc7)NC(c7ccccc7)=C6)c5)c3)C2C=C1)Oc1c(ccc2ccccc12)O4. The summed E-state index contributed by atoms with van der Waals surface area (Å²) in [5.74, 6) is 3.14. The van der Waals surface area contributed by atoms with E-state index in [2.05, 4.69) is 174 Å². The van der Waals surface area contributed by atoms with Crippen molar-refractivity contribution in [2.24, 2.45) is 4.99 Å². The van der Waals surface area contributed by atoms with E-state index in [1.54, 1.807) is 0 Å². The van der Waals surface area contributed by atoms with Crippen molar-refractivity contribution in [1.29, 1.82) is 0 Å². The predicted octanol–water partition coefficient (Wildman–Crippen LogP) is 12.3. The quantitative estimate of drug-likeness (QED) is 0.193. The first-order valence-corrected chi connectivity index (χ1v) is 18.8. The van der Waals surface area contributed by atoms with Crippen LogP contribution in [0.4, 0.5) is 11.4 Å². The summed E-state index contributed by atoms with van der Waals surface area (Å²) in [4.78, 5) is 7.67. The Morgan fingerprint density at radius 2 is 1.27 bits per heavy atom. The fourth-order valence-corrected chi connectivity index (χ4v) is 8.44. The number of ether oxygens (including phenoxy) is 2. The molecule has 0 amide bonds. The van der Waals surface area contributed by atoms with Crippen LogP contribution in [0.25, 0.3) is 27.6 Å². The third-order valence-corrected chi connectivity index (χ3v) is 11.1. The second kappa shape index (κ2) is 12.8. The molecule has 0 fully saturated rings. The largest absolute Gasteiger partial charge is 0.449 e. The van der Waals surface area contributed by atoms with Crippen LogP contribution in [0, 0.1) is 0 Å². The molecule has 0 radical (unpaired) electrons. The molecule has 0 bridgehead atoms. The van der Waals surface area contributed by atoms with Crippen molar-refractivity contribution >= 4 is 33.6 Å². The van der Waals surface area contributed by atoms with Crippen molar-refractivity contribution in [1.82, 2.24) is 5.32 Å². The third-order valence-electron chi connectivity index (χ3n) is 11.1. The molecule has 262 valence electrons. The molecule has 3 unspecified atom stereocenters. The van der Waals surface area contributed by atoms with Gasteiger partial charge in [-0.3, -0.25) is 4.99 Å². The smallest absolute Gasteiger partial charge is 0.194 e. The van der Waals surface area contributed by atoms with Crippen molar-refractivity contribution in [3.8, 4) is 34.1 Å². The van der Waals surface area contributed by atoms with Crippen LogP contribution in [-0.2, 0) is 0 Å². The molecule has 3 heterocycles. The second-order valence-corrected chi connectivity index (χ2v) is 14.3. The summed E-state index contributed by atoms with van der Waals surface area (Å²) in [5, 5.41) is 5.83. The van der Waals surface area contributed by atoms with Gasteiger partial charge in [0.15, 0.2) is 23.0 Å². The summed E-state index contributed by atoms with van der Waals surface area (Å²) >= 11 is 0. The third kappa shape index (κ3) is 5.35. The van der Waals surface area contributed by atoms with Crippen LogP contribution >= 0.6 is 0 Å². The second-order valence-electron chi connectivity index (χ2n) is 14.3. The van der Waals surface area contributed by atoms with E-state index in [9.17, 15) is 0 Å². The normalized spacial score (nSPS) is 18.8. The minimum atomic E-state index is -0.203. The Kier molecular flexibility index (Phi) is 7.30. The molecule has 0 saturated heterocycles. The lowest BCUT2D eigenvalue weighted by atomic mass is 9.91. The predicted molar refractivity (Wildman–Crippen MR) is 223 cm³/mol. The minimum Gasteiger partial charge on any atom is -0.449 e. The summed E-state index contributed by atoms with van der Waals surface area (Å²) in [6, 6.07) is 55.2. The molecule has 5 nitrogen and oxygen atoms in total. The van der Waals surface area contributed by atoms with Gasteiger partial charge in [0.2, 0.25) is 0 Å². The van der Waals surface area contributed by atoms with Gasteiger partial charge in [-0.05, 0) is 69.6 Å². The zero-order valence-electron chi connectivity index (χ0n) is 29.8. The summed E-state index contributed by atoms with van der Waals surface area (Å²) in [7, 11) is 0. The summed E-state index contributed by atoms with van der Waals surface area (Å²) in [5.41, 5.74) is 10.9. The highest BCUT2D eigenvalue weighted by atomic mass is 16.6. The van der Waals surface area contributed by atoms with E-state index in [1.165, 1.54) is 5.56 Å². The lowest BCUT2D eigenvalue weighted by Crippen LogP contribution is -2.28. The van der Waals surface area contributed by atoms with E-state index in [-0.39, 0.29) is 18.1 Å². The van der Waals surface area contributed by atoms with Gasteiger partial charge in [-0.1, -0.05) is 152 Å². The van der Waals surface area contributed by atoms with Gasteiger partial charge < -0.3 is 19.7 Å². The molecule has 0 saturated carbocycles. The van der Waals surface area contributed by atoms with Gasteiger partial charge >= 0.3 is 0 Å². The zero-order valence-corrected chi connectivity index (χ0v) is 29.8. The first-order valence-electron chi connectivity index (χ1n) is 18.8. The number of benzene rings is 7. The van der Waals surface area contributed by atoms with Crippen LogP contribution in [0.3, 0.4) is 0 Å². The molecule has 7 aromatic rings. The van der Waals surface area contributed by atoms with E-state index < -0.39 is 0 Å². The van der Waals surface area contributed by atoms with Crippen LogP contribution in [0.2, 0.25) is 0 Å². The Labute approximate surface area is 319 Å². The van der Waals surface area contributed by atoms with E-state index in [0.717, 1.165) is 84.4 Å². The van der Waals surface area contributed by atoms with Gasteiger partial charge in [0.05, 0.1) is 17.4 Å². The molecule has 7 aromatic carbocycles. The van der Waals surface area contributed by atoms with Crippen LogP contribution in [0.1, 0.15) is 34.3 Å². The summed E-state index contributed by atoms with van der Waals surface area (Å²) in [6.07, 6.45) is 10.9. The van der Waals surface area contributed by atoms with Crippen LogP contribution < -0.4 is 19.7 Å². The highest BCUT2D eigenvalue weighted by Crippen LogP contribution is 2.59. The number of nitrogens with zero attached hydrogens (tertiary/aromatic N) is 2. The fourth-order valence-electron chi connectivity index (χ4n) is 8.44. The van der Waals surface area contributed by atoms with Crippen molar-refractivity contribution in [2.45, 2.75) is 18.1 Å². The zero-order chi connectivity index (χ0) is 36.3. The van der Waals surface area contributed by atoms with Crippen LogP contribution in [0.5, 0.6) is 23.0 Å². The molecule has 1 aliphatic carbocycles. The van der Waals surface area contributed by atoms with Crippen molar-refractivity contribution < 1.29 is 9.47 Å². The molecule has 4 aliphatic rings. The van der Waals surface area contributed by atoms with Gasteiger partial charge in [0.25, 0.3) is 0 Å². The first kappa shape index (κ1) is 31.4. The van der Waals surface area contributed by atoms with E-state index in [1.807, 2.05) is 24.3 Å². The maximum Gasteiger partial charge on any atom is 0.194 e. The number of anilines is 2. The van der Waals surface area contributed by atoms with E-state index in [0.29, 0.717) is 0 Å². The van der Waals surface area contributed by atoms with Crippen LogP contribution in [0.15, 0.2) is 193 Å². The topological polar surface area (TPSA) is 46.1 Å². The molecule has 3 atom stereocenters. The summed E-state index contributed by atoms with van der Waals surface area (Å²) in [6.45, 7) is 0. The molecule has 0 aromatic heterocycles. The Hall–Kier alpha value is -7.11. The number of allylic oxidation sites excluding steroid dienone is 3. The molecule has 1 N–H and O–H groups in total. The van der Waals surface area contributed by atoms with Crippen molar-refractivity contribution in [2.75, 3.05) is 4.90 Å². The lowest BCUT2D eigenvalue weighted by Gasteiger charge is -2.31. The molecule has 0 spiro atoms. The highest BCUT2D eigenvalue weighted by molar-refractivity contribution is 6.13. The van der Waals surface area contributed by atoms with Crippen molar-refractivity contribution in [3.05, 3.63) is 210 Å². The molecular weight excluding hydrogens is 675 g/mol. The standard InChI is InChI=1S/C50H35N3O2/c1-3-14-33(15-4-1)42-31-43(52-50(51-42)34-16-5-2-6-17-34)37-20-11-18-35(29-37)36-19-12-21-38(30-36)53-44-24-10-9-23-40(44)41-26-28-46-49(47(41)53)55-48-39-22-8-7-13-32(39)25-27-45(48)54-46/h1-31,40,44,50-51H. The summed E-state index contributed by atoms with van der Waals surface area (Å²) < 4.78 is 13.5. The molecule has 3 aliphatic heterocycles. The average Bonchev–Trinajstić information content (AvgIpc) is 3.61. The number of aliphatic imine (C=N–C) groups is 1. The van der Waals surface area contributed by atoms with Gasteiger partial charge in [0.1, 0.15) is 6.17 Å². The number of nitrogens with one attached hydrogen (secondary N) is 1. The molecule has 11 rings (SSSR count). The molecule has 55 heavy (non-hydrogen) atoms. The minimum absolute atomic E-state index is 0.0890. The highest BCUT2D eigenvalue weighted by Gasteiger charge is 2.42. The van der Waals surface area contributed by atoms with Crippen LogP contribution in [-0.4, -0.2) is 11.8 Å². The van der Waals surface area contributed by atoms with Crippen molar-refractivity contribution in [3.63, 3.8) is 0 Å². The number of hydrogen-bond acceptors (Lipinski definition) is 5. The van der Waals surface area contributed by atoms with Gasteiger partial charge in [-0.2, -0.15) is 0 Å². The maximum absolute atomic E-state index is 6.93. The monoisotopic (exact) mass is 709 g/mol. The molecular formula is C50H35N3O2. The Morgan fingerprint density at radius 1 is 0.564 bits per heavy atom. The number of fused-ring (bicyclic) bond motifs is 8. The Balaban J connectivity index is 0.994.